The number of carbonyl (C=O) groups excluding carboxylic acids is 1. The Morgan fingerprint density at radius 1 is 1.13 bits per heavy atom. The van der Waals surface area contributed by atoms with Crippen LogP contribution in [-0.4, -0.2) is 48.8 Å². The Bertz CT molecular complexity index is 1100. The Hall–Kier alpha value is -2.35. The zero-order valence-electron chi connectivity index (χ0n) is 18.0. The van der Waals surface area contributed by atoms with Crippen LogP contribution >= 0.6 is 22.9 Å². The fraction of sp³-hybridized carbons (Fsp3) is 0.391. The van der Waals surface area contributed by atoms with Gasteiger partial charge in [-0.3, -0.25) is 9.69 Å². The first kappa shape index (κ1) is 21.9. The second-order valence-corrected chi connectivity index (χ2v) is 8.87. The van der Waals surface area contributed by atoms with Crippen molar-refractivity contribution in [2.75, 3.05) is 37.9 Å². The zero-order chi connectivity index (χ0) is 22.0. The smallest absolute Gasteiger partial charge is 0.233 e. The second-order valence-electron chi connectivity index (χ2n) is 7.45. The number of aryl methyl sites for hydroxylation is 1. The van der Waals surface area contributed by atoms with Crippen molar-refractivity contribution in [3.05, 3.63) is 46.5 Å². The van der Waals surface area contributed by atoms with Crippen molar-refractivity contribution in [1.29, 1.82) is 0 Å². The highest BCUT2D eigenvalue weighted by Gasteiger charge is 2.23. The molecule has 0 aliphatic carbocycles. The number of nitrogens with zero attached hydrogens (tertiary/aromatic N) is 3. The van der Waals surface area contributed by atoms with Crippen molar-refractivity contribution >= 4 is 44.2 Å². The predicted molar refractivity (Wildman–Crippen MR) is 126 cm³/mol. The van der Waals surface area contributed by atoms with Crippen LogP contribution in [0.25, 0.3) is 10.2 Å². The first-order valence-corrected chi connectivity index (χ1v) is 11.7. The van der Waals surface area contributed by atoms with Crippen molar-refractivity contribution in [2.45, 2.75) is 27.2 Å². The Kier molecular flexibility index (Phi) is 6.65. The maximum atomic E-state index is 13.4. The lowest BCUT2D eigenvalue weighted by molar-refractivity contribution is -0.118. The molecule has 1 aromatic heterocycles. The van der Waals surface area contributed by atoms with Gasteiger partial charge >= 0.3 is 0 Å². The summed E-state index contributed by atoms with van der Waals surface area (Å²) in [6, 6.07) is 9.50. The van der Waals surface area contributed by atoms with Gasteiger partial charge in [-0.25, -0.2) is 4.98 Å². The molecule has 0 atom stereocenters. The van der Waals surface area contributed by atoms with Crippen LogP contribution in [0.1, 0.15) is 25.0 Å². The van der Waals surface area contributed by atoms with Gasteiger partial charge in [-0.1, -0.05) is 42.9 Å². The summed E-state index contributed by atoms with van der Waals surface area (Å²) in [7, 11) is 0. The third-order valence-corrected chi connectivity index (χ3v) is 7.05. The highest BCUT2D eigenvalue weighted by atomic mass is 35.5. The summed E-state index contributed by atoms with van der Waals surface area (Å²) in [6.07, 6.45) is 0.268. The molecule has 4 rings (SSSR count). The van der Waals surface area contributed by atoms with Crippen LogP contribution in [0.3, 0.4) is 0 Å². The maximum Gasteiger partial charge on any atom is 0.233 e. The van der Waals surface area contributed by atoms with Crippen molar-refractivity contribution in [3.8, 4) is 11.5 Å². The summed E-state index contributed by atoms with van der Waals surface area (Å²) >= 11 is 7.81. The zero-order valence-corrected chi connectivity index (χ0v) is 19.6. The number of amides is 1. The number of fused-ring (bicyclic) bond motifs is 2. The van der Waals surface area contributed by atoms with E-state index >= 15 is 0 Å². The van der Waals surface area contributed by atoms with E-state index in [0.717, 1.165) is 41.0 Å². The number of hydrogen-bond donors (Lipinski definition) is 0. The Balaban J connectivity index is 1.62. The van der Waals surface area contributed by atoms with Gasteiger partial charge in [0.05, 0.1) is 16.6 Å². The third kappa shape index (κ3) is 4.63. The highest BCUT2D eigenvalue weighted by Crippen LogP contribution is 2.35. The minimum absolute atomic E-state index is 0.00817. The molecular formula is C23H26ClN3O3S. The molecule has 0 unspecified atom stereocenters. The fourth-order valence-electron chi connectivity index (χ4n) is 3.63. The van der Waals surface area contributed by atoms with Gasteiger partial charge in [0.2, 0.25) is 12.7 Å². The van der Waals surface area contributed by atoms with Gasteiger partial charge in [0.1, 0.15) is 0 Å². The van der Waals surface area contributed by atoms with Crippen LogP contribution in [-0.2, 0) is 11.2 Å². The lowest BCUT2D eigenvalue weighted by Crippen LogP contribution is -2.39. The summed E-state index contributed by atoms with van der Waals surface area (Å²) in [5.74, 6) is 1.41. The molecule has 1 aliphatic rings. The molecule has 0 saturated carbocycles. The molecule has 0 bridgehead atoms. The average Bonchev–Trinajstić information content (AvgIpc) is 3.41. The van der Waals surface area contributed by atoms with Crippen LogP contribution in [0.2, 0.25) is 5.02 Å². The molecule has 0 spiro atoms. The van der Waals surface area contributed by atoms with Gasteiger partial charge in [0.15, 0.2) is 16.6 Å². The van der Waals surface area contributed by atoms with Gasteiger partial charge in [-0.2, -0.15) is 0 Å². The number of aromatic nitrogens is 1. The predicted octanol–water partition coefficient (Wildman–Crippen LogP) is 4.90. The van der Waals surface area contributed by atoms with Crippen molar-refractivity contribution in [1.82, 2.24) is 9.88 Å². The summed E-state index contributed by atoms with van der Waals surface area (Å²) < 4.78 is 11.9. The molecule has 2 aromatic carbocycles. The van der Waals surface area contributed by atoms with E-state index in [4.69, 9.17) is 26.1 Å². The number of halogens is 1. The number of thiazole rings is 1. The summed E-state index contributed by atoms with van der Waals surface area (Å²) in [6.45, 7) is 9.69. The molecule has 1 amide bonds. The van der Waals surface area contributed by atoms with E-state index in [2.05, 4.69) is 18.7 Å². The topological polar surface area (TPSA) is 54.9 Å². The Morgan fingerprint density at radius 3 is 2.68 bits per heavy atom. The van der Waals surface area contributed by atoms with Gasteiger partial charge in [-0.15, -0.1) is 0 Å². The van der Waals surface area contributed by atoms with E-state index < -0.39 is 0 Å². The van der Waals surface area contributed by atoms with E-state index in [1.807, 2.05) is 37.3 Å². The van der Waals surface area contributed by atoms with Crippen LogP contribution in [0.4, 0.5) is 5.13 Å². The minimum Gasteiger partial charge on any atom is -0.454 e. The fourth-order valence-corrected chi connectivity index (χ4v) is 4.85. The Labute approximate surface area is 191 Å². The number of benzene rings is 2. The van der Waals surface area contributed by atoms with Gasteiger partial charge in [0.25, 0.3) is 0 Å². The van der Waals surface area contributed by atoms with E-state index in [9.17, 15) is 4.79 Å². The molecular weight excluding hydrogens is 434 g/mol. The molecule has 2 heterocycles. The number of hydrogen-bond acceptors (Lipinski definition) is 6. The molecule has 8 heteroatoms. The molecule has 3 aromatic rings. The summed E-state index contributed by atoms with van der Waals surface area (Å²) in [5, 5.41) is 1.39. The Morgan fingerprint density at radius 2 is 1.90 bits per heavy atom. The second kappa shape index (κ2) is 9.42. The number of likely N-dealkylation sites (N-methyl/N-ethyl adjacent to an activating group) is 1. The number of carbonyl (C=O) groups is 1. The summed E-state index contributed by atoms with van der Waals surface area (Å²) in [5.41, 5.74) is 2.69. The maximum absolute atomic E-state index is 13.4. The van der Waals surface area contributed by atoms with E-state index in [1.54, 1.807) is 4.90 Å². The third-order valence-electron chi connectivity index (χ3n) is 5.60. The largest absolute Gasteiger partial charge is 0.454 e. The van der Waals surface area contributed by atoms with Crippen molar-refractivity contribution < 1.29 is 14.3 Å². The standard InChI is InChI=1S/C23H26ClN3O3S/c1-4-26(5-2)10-11-27(23-25-22-15(3)17(24)7-9-20(22)31-23)21(28)13-16-6-8-18-19(12-16)30-14-29-18/h6-9,12H,4-5,10-11,13-14H2,1-3H3. The van der Waals surface area contributed by atoms with Gasteiger partial charge in [0, 0.05) is 18.1 Å². The lowest BCUT2D eigenvalue weighted by Gasteiger charge is -2.24. The summed E-state index contributed by atoms with van der Waals surface area (Å²) in [4.78, 5) is 22.3. The van der Waals surface area contributed by atoms with Gasteiger partial charge < -0.3 is 14.4 Å². The quantitative estimate of drug-likeness (QED) is 0.479. The molecule has 31 heavy (non-hydrogen) atoms. The van der Waals surface area contributed by atoms with E-state index in [1.165, 1.54) is 11.3 Å². The number of ether oxygens (including phenoxy) is 2. The van der Waals surface area contributed by atoms with E-state index in [0.29, 0.717) is 28.2 Å². The first-order valence-electron chi connectivity index (χ1n) is 10.5. The molecule has 1 aliphatic heterocycles. The minimum atomic E-state index is 0.00817. The normalized spacial score (nSPS) is 12.7. The monoisotopic (exact) mass is 459 g/mol. The molecule has 0 saturated heterocycles. The molecule has 0 radical (unpaired) electrons. The van der Waals surface area contributed by atoms with Crippen LogP contribution < -0.4 is 14.4 Å². The van der Waals surface area contributed by atoms with Crippen LogP contribution in [0.15, 0.2) is 30.3 Å². The SMILES string of the molecule is CCN(CC)CCN(C(=O)Cc1ccc2c(c1)OCO2)c1nc2c(C)c(Cl)ccc2s1. The first-order chi connectivity index (χ1) is 15.0. The number of rotatable bonds is 8. The average molecular weight is 460 g/mol. The molecule has 0 fully saturated rings. The van der Waals surface area contributed by atoms with E-state index in [-0.39, 0.29) is 19.1 Å². The van der Waals surface area contributed by atoms with Crippen molar-refractivity contribution in [2.24, 2.45) is 0 Å². The van der Waals surface area contributed by atoms with Crippen LogP contribution in [0.5, 0.6) is 11.5 Å². The molecule has 164 valence electrons. The number of anilines is 1. The molecule has 6 nitrogen and oxygen atoms in total. The highest BCUT2D eigenvalue weighted by molar-refractivity contribution is 7.22. The lowest BCUT2D eigenvalue weighted by atomic mass is 10.1. The van der Waals surface area contributed by atoms with Gasteiger partial charge in [-0.05, 0) is 55.4 Å². The van der Waals surface area contributed by atoms with Crippen molar-refractivity contribution in [3.63, 3.8) is 0 Å². The van der Waals surface area contributed by atoms with Crippen LogP contribution in [0, 0.1) is 6.92 Å². The molecule has 0 N–H and O–H groups in total.